The molecule has 4 nitrogen and oxygen atoms in total. The van der Waals surface area contributed by atoms with Crippen molar-refractivity contribution in [3.05, 3.63) is 52.4 Å². The van der Waals surface area contributed by atoms with E-state index in [0.717, 1.165) is 12.0 Å². The van der Waals surface area contributed by atoms with Crippen LogP contribution in [-0.2, 0) is 6.54 Å². The maximum absolute atomic E-state index is 12.3. The molecule has 0 spiro atoms. The van der Waals surface area contributed by atoms with E-state index in [1.165, 1.54) is 4.57 Å². The van der Waals surface area contributed by atoms with Crippen LogP contribution in [-0.4, -0.2) is 9.67 Å². The van der Waals surface area contributed by atoms with E-state index in [9.17, 15) is 15.2 Å². The lowest BCUT2D eigenvalue weighted by Crippen LogP contribution is -2.24. The summed E-state index contributed by atoms with van der Waals surface area (Å²) >= 11 is 0. The molecule has 1 aromatic carbocycles. The molecule has 0 bridgehead atoms. The highest BCUT2D eigenvalue weighted by atomic mass is 16.3. The van der Waals surface area contributed by atoms with Crippen LogP contribution in [0.3, 0.4) is 0 Å². The third-order valence-electron chi connectivity index (χ3n) is 3.55. The van der Waals surface area contributed by atoms with E-state index in [-0.39, 0.29) is 16.7 Å². The minimum absolute atomic E-state index is 0.0804. The van der Waals surface area contributed by atoms with Crippen molar-refractivity contribution in [2.45, 2.75) is 33.7 Å². The van der Waals surface area contributed by atoms with E-state index < -0.39 is 5.56 Å². The summed E-state index contributed by atoms with van der Waals surface area (Å²) in [4.78, 5) is 12.3. The first kappa shape index (κ1) is 15.8. The Balaban J connectivity index is 2.57. The number of aryl methyl sites for hydroxylation is 1. The van der Waals surface area contributed by atoms with Crippen LogP contribution in [0, 0.1) is 16.7 Å². The Hall–Kier alpha value is -2.54. The summed E-state index contributed by atoms with van der Waals surface area (Å²) in [7, 11) is 0. The molecule has 0 atom stereocenters. The molecule has 0 aliphatic rings. The molecule has 1 N–H and O–H groups in total. The maximum atomic E-state index is 12.3. The third-order valence-corrected chi connectivity index (χ3v) is 3.55. The summed E-state index contributed by atoms with van der Waals surface area (Å²) < 4.78 is 1.52. The average molecular weight is 296 g/mol. The normalized spacial score (nSPS) is 11.2. The predicted molar refractivity (Wildman–Crippen MR) is 86.6 cm³/mol. The Morgan fingerprint density at radius 3 is 2.41 bits per heavy atom. The van der Waals surface area contributed by atoms with Gasteiger partial charge in [0.2, 0.25) is 0 Å². The molecule has 0 radical (unpaired) electrons. The van der Waals surface area contributed by atoms with Crippen LogP contribution >= 0.6 is 0 Å². The SMILES string of the molecule is CC(C)(C)CCn1cc(-c2ccccc2)c(O)c(C#N)c1=O. The van der Waals surface area contributed by atoms with Crippen molar-refractivity contribution in [1.82, 2.24) is 4.57 Å². The fourth-order valence-corrected chi connectivity index (χ4v) is 2.21. The van der Waals surface area contributed by atoms with Gasteiger partial charge < -0.3 is 9.67 Å². The van der Waals surface area contributed by atoms with Gasteiger partial charge in [-0.15, -0.1) is 0 Å². The second-order valence-corrected chi connectivity index (χ2v) is 6.55. The molecule has 2 aromatic rings. The summed E-state index contributed by atoms with van der Waals surface area (Å²) in [6.45, 7) is 6.81. The number of benzene rings is 1. The molecule has 0 amide bonds. The van der Waals surface area contributed by atoms with Crippen LogP contribution in [0.1, 0.15) is 32.8 Å². The van der Waals surface area contributed by atoms with E-state index in [1.807, 2.05) is 36.4 Å². The first-order valence-electron chi connectivity index (χ1n) is 7.25. The Morgan fingerprint density at radius 1 is 1.23 bits per heavy atom. The van der Waals surface area contributed by atoms with E-state index in [4.69, 9.17) is 0 Å². The highest BCUT2D eigenvalue weighted by Crippen LogP contribution is 2.30. The Bertz CT molecular complexity index is 763. The molecular formula is C18H20N2O2. The fraction of sp³-hybridized carbons (Fsp3) is 0.333. The highest BCUT2D eigenvalue weighted by molar-refractivity contribution is 5.72. The van der Waals surface area contributed by atoms with Crippen molar-refractivity contribution in [3.8, 4) is 22.9 Å². The van der Waals surface area contributed by atoms with Crippen LogP contribution in [0.15, 0.2) is 41.3 Å². The van der Waals surface area contributed by atoms with Crippen LogP contribution in [0.5, 0.6) is 5.75 Å². The Kier molecular flexibility index (Phi) is 4.37. The smallest absolute Gasteiger partial charge is 0.272 e. The molecule has 0 aliphatic heterocycles. The average Bonchev–Trinajstić information content (AvgIpc) is 2.47. The van der Waals surface area contributed by atoms with E-state index in [0.29, 0.717) is 12.1 Å². The molecule has 2 rings (SSSR count). The molecule has 1 aromatic heterocycles. The third kappa shape index (κ3) is 3.37. The number of rotatable bonds is 3. The van der Waals surface area contributed by atoms with Gasteiger partial charge in [0, 0.05) is 18.3 Å². The lowest BCUT2D eigenvalue weighted by atomic mass is 9.92. The Morgan fingerprint density at radius 2 is 1.86 bits per heavy atom. The topological polar surface area (TPSA) is 66.0 Å². The zero-order chi connectivity index (χ0) is 16.3. The summed E-state index contributed by atoms with van der Waals surface area (Å²) in [5.41, 5.74) is 0.725. The second-order valence-electron chi connectivity index (χ2n) is 6.55. The predicted octanol–water partition coefficient (Wildman–Crippen LogP) is 3.53. The van der Waals surface area contributed by atoms with Gasteiger partial charge in [-0.2, -0.15) is 5.26 Å². The lowest BCUT2D eigenvalue weighted by Gasteiger charge is -2.19. The summed E-state index contributed by atoms with van der Waals surface area (Å²) in [6, 6.07) is 11.1. The molecule has 0 saturated carbocycles. The quantitative estimate of drug-likeness (QED) is 0.942. The minimum atomic E-state index is -0.441. The van der Waals surface area contributed by atoms with Crippen molar-refractivity contribution < 1.29 is 5.11 Å². The number of nitriles is 1. The van der Waals surface area contributed by atoms with Gasteiger partial charge in [-0.25, -0.2) is 0 Å². The number of hydrogen-bond donors (Lipinski definition) is 1. The number of aromatic nitrogens is 1. The second kappa shape index (κ2) is 6.07. The molecule has 0 unspecified atom stereocenters. The van der Waals surface area contributed by atoms with E-state index in [2.05, 4.69) is 20.8 Å². The van der Waals surface area contributed by atoms with Crippen molar-refractivity contribution in [3.63, 3.8) is 0 Å². The van der Waals surface area contributed by atoms with Gasteiger partial charge in [-0.3, -0.25) is 4.79 Å². The van der Waals surface area contributed by atoms with E-state index in [1.54, 1.807) is 6.20 Å². The largest absolute Gasteiger partial charge is 0.506 e. The molecule has 0 fully saturated rings. The Labute approximate surface area is 130 Å². The van der Waals surface area contributed by atoms with Crippen molar-refractivity contribution in [1.29, 1.82) is 5.26 Å². The fourth-order valence-electron chi connectivity index (χ4n) is 2.21. The van der Waals surface area contributed by atoms with Gasteiger partial charge in [0.25, 0.3) is 5.56 Å². The van der Waals surface area contributed by atoms with Gasteiger partial charge in [-0.05, 0) is 17.4 Å². The lowest BCUT2D eigenvalue weighted by molar-refractivity contribution is 0.347. The number of pyridine rings is 1. The van der Waals surface area contributed by atoms with Gasteiger partial charge >= 0.3 is 0 Å². The van der Waals surface area contributed by atoms with Crippen molar-refractivity contribution in [2.24, 2.45) is 5.41 Å². The molecule has 114 valence electrons. The molecule has 1 heterocycles. The van der Waals surface area contributed by atoms with Crippen LogP contribution in [0.2, 0.25) is 0 Å². The molecule has 0 saturated heterocycles. The number of hydrogen-bond acceptors (Lipinski definition) is 3. The minimum Gasteiger partial charge on any atom is -0.506 e. The van der Waals surface area contributed by atoms with Gasteiger partial charge in [0.05, 0.1) is 0 Å². The first-order valence-corrected chi connectivity index (χ1v) is 7.25. The number of nitrogens with zero attached hydrogens (tertiary/aromatic N) is 2. The first-order chi connectivity index (χ1) is 10.3. The van der Waals surface area contributed by atoms with Gasteiger partial charge in [-0.1, -0.05) is 51.1 Å². The van der Waals surface area contributed by atoms with E-state index >= 15 is 0 Å². The van der Waals surface area contributed by atoms with Gasteiger partial charge in [0.15, 0.2) is 5.56 Å². The monoisotopic (exact) mass is 296 g/mol. The molecule has 22 heavy (non-hydrogen) atoms. The van der Waals surface area contributed by atoms with Gasteiger partial charge in [0.1, 0.15) is 11.8 Å². The zero-order valence-corrected chi connectivity index (χ0v) is 13.1. The van der Waals surface area contributed by atoms with Crippen LogP contribution in [0.25, 0.3) is 11.1 Å². The van der Waals surface area contributed by atoms with Crippen molar-refractivity contribution >= 4 is 0 Å². The summed E-state index contributed by atoms with van der Waals surface area (Å²) in [6.07, 6.45) is 2.44. The van der Waals surface area contributed by atoms with Crippen LogP contribution < -0.4 is 5.56 Å². The number of aromatic hydroxyl groups is 1. The summed E-state index contributed by atoms with van der Waals surface area (Å²) in [5, 5.41) is 19.4. The standard InChI is InChI=1S/C18H20N2O2/c1-18(2,3)9-10-20-12-15(13-7-5-4-6-8-13)16(21)14(11-19)17(20)22/h4-8,12,21H,9-10H2,1-3H3. The maximum Gasteiger partial charge on any atom is 0.272 e. The molecular weight excluding hydrogens is 276 g/mol. The zero-order valence-electron chi connectivity index (χ0n) is 13.1. The highest BCUT2D eigenvalue weighted by Gasteiger charge is 2.17. The summed E-state index contributed by atoms with van der Waals surface area (Å²) in [5.74, 6) is -0.245. The van der Waals surface area contributed by atoms with Crippen molar-refractivity contribution in [2.75, 3.05) is 0 Å². The molecule has 0 aliphatic carbocycles. The molecule has 4 heteroatoms. The van der Waals surface area contributed by atoms with Crippen LogP contribution in [0.4, 0.5) is 0 Å².